The van der Waals surface area contributed by atoms with Crippen molar-refractivity contribution in [3.05, 3.63) is 52.1 Å². The van der Waals surface area contributed by atoms with Crippen LogP contribution in [0.15, 0.2) is 29.8 Å². The number of benzene rings is 2. The highest BCUT2D eigenvalue weighted by Gasteiger charge is 2.36. The number of amides is 2. The van der Waals surface area contributed by atoms with Crippen molar-refractivity contribution in [3.8, 4) is 28.7 Å². The zero-order valence-electron chi connectivity index (χ0n) is 31.7. The molecule has 1 aliphatic heterocycles. The topological polar surface area (TPSA) is 180 Å². The van der Waals surface area contributed by atoms with Gasteiger partial charge in [-0.3, -0.25) is 24.8 Å². The number of rotatable bonds is 20. The summed E-state index contributed by atoms with van der Waals surface area (Å²) in [7, 11) is 6.18. The number of fused-ring (bicyclic) bond motifs is 1. The van der Waals surface area contributed by atoms with Gasteiger partial charge in [0, 0.05) is 22.8 Å². The van der Waals surface area contributed by atoms with Crippen molar-refractivity contribution >= 4 is 17.6 Å². The second-order valence-corrected chi connectivity index (χ2v) is 13.8. The Bertz CT molecular complexity index is 1600. The quantitative estimate of drug-likeness (QED) is 0.0752. The van der Waals surface area contributed by atoms with Crippen molar-refractivity contribution < 1.29 is 58.0 Å². The minimum Gasteiger partial charge on any atom is -0.496 e. The number of allylic oxidation sites excluding steroid dienone is 2. The summed E-state index contributed by atoms with van der Waals surface area (Å²) < 4.78 is 40.9. The van der Waals surface area contributed by atoms with E-state index < -0.39 is 29.1 Å². The lowest BCUT2D eigenvalue weighted by molar-refractivity contribution is -0.140. The Hall–Kier alpha value is -4.37. The van der Waals surface area contributed by atoms with Gasteiger partial charge in [0.2, 0.25) is 0 Å². The fourth-order valence-electron chi connectivity index (χ4n) is 6.14. The molecular weight excluding hydrogens is 676 g/mol. The Morgan fingerprint density at radius 3 is 2.02 bits per heavy atom. The molecule has 0 aromatic heterocycles. The fourth-order valence-corrected chi connectivity index (χ4v) is 6.14. The molecule has 0 spiro atoms. The van der Waals surface area contributed by atoms with E-state index in [1.165, 1.54) is 14.2 Å². The summed E-state index contributed by atoms with van der Waals surface area (Å²) in [6, 6.07) is 5.40. The molecule has 14 nitrogen and oxygen atoms in total. The molecule has 1 aliphatic rings. The summed E-state index contributed by atoms with van der Waals surface area (Å²) in [5.74, 6) is 0.860. The number of carbonyl (C=O) groups is 3. The van der Waals surface area contributed by atoms with E-state index in [0.717, 1.165) is 29.5 Å². The largest absolute Gasteiger partial charge is 0.496 e. The Kier molecular flexibility index (Phi) is 15.3. The maximum Gasteiger partial charge on any atom is 0.269 e. The molecule has 288 valence electrons. The molecule has 52 heavy (non-hydrogen) atoms. The Labute approximate surface area is 305 Å². The normalized spacial score (nSPS) is 14.6. The van der Waals surface area contributed by atoms with E-state index in [1.54, 1.807) is 37.3 Å². The number of methoxy groups -OCH3 is 4. The van der Waals surface area contributed by atoms with Crippen molar-refractivity contribution in [3.63, 3.8) is 0 Å². The molecule has 1 atom stereocenters. The first-order chi connectivity index (χ1) is 24.6. The van der Waals surface area contributed by atoms with Gasteiger partial charge >= 0.3 is 0 Å². The summed E-state index contributed by atoms with van der Waals surface area (Å²) in [4.78, 5) is 36.8. The summed E-state index contributed by atoms with van der Waals surface area (Å²) in [6.07, 6.45) is 5.17. The zero-order chi connectivity index (χ0) is 38.6. The number of nitrogens with one attached hydrogen (secondary N) is 2. The average Bonchev–Trinajstić information content (AvgIpc) is 3.12. The third kappa shape index (κ3) is 11.1. The van der Waals surface area contributed by atoms with E-state index in [-0.39, 0.29) is 25.4 Å². The van der Waals surface area contributed by atoms with E-state index in [9.17, 15) is 14.4 Å². The number of Topliss-reactive ketones (excluding diaryl/α,β-unsaturated/α-hetero) is 1. The first-order valence-electron chi connectivity index (χ1n) is 17.1. The van der Waals surface area contributed by atoms with Crippen LogP contribution in [-0.2, 0) is 31.9 Å². The number of hydroxylamine groups is 2. The first-order valence-corrected chi connectivity index (χ1v) is 17.1. The van der Waals surface area contributed by atoms with Crippen molar-refractivity contribution in [1.82, 2.24) is 11.0 Å². The molecular formula is C38H54N2O12. The van der Waals surface area contributed by atoms with Crippen molar-refractivity contribution in [2.24, 2.45) is 0 Å². The van der Waals surface area contributed by atoms with Crippen LogP contribution in [0.3, 0.4) is 0 Å². The maximum atomic E-state index is 14.0. The number of hydrogen-bond acceptors (Lipinski definition) is 12. The number of ketones is 1. The minimum atomic E-state index is -0.744. The SMILES string of the molecule is COc1cc2c(c(OC)c1CCC(C)(C)OCC(=O)NO)C(=O)C[C@@H](c1ccc(OC)c(OC)c1C/C=C(/C)CCCC(C)(C)OCC(=O)NO)O2. The number of carbonyl (C=O) groups excluding carboxylic acids is 3. The van der Waals surface area contributed by atoms with Crippen LogP contribution in [0.25, 0.3) is 0 Å². The summed E-state index contributed by atoms with van der Waals surface area (Å²) in [5, 5.41) is 17.5. The van der Waals surface area contributed by atoms with Crippen LogP contribution in [0.4, 0.5) is 0 Å². The molecule has 2 aromatic rings. The van der Waals surface area contributed by atoms with Gasteiger partial charge in [0.05, 0.1) is 46.1 Å². The minimum absolute atomic E-state index is 0.0502. The highest BCUT2D eigenvalue weighted by molar-refractivity contribution is 6.03. The highest BCUT2D eigenvalue weighted by atomic mass is 16.5. The van der Waals surface area contributed by atoms with Gasteiger partial charge in [-0.1, -0.05) is 17.7 Å². The molecule has 0 fully saturated rings. The van der Waals surface area contributed by atoms with Crippen LogP contribution in [0, 0.1) is 0 Å². The molecule has 2 amide bonds. The lowest BCUT2D eigenvalue weighted by Crippen LogP contribution is -2.32. The standard InChI is InChI=1S/C38H54N2O12/c1-23(11-10-17-37(2,3)50-21-32(42)39-44)12-13-25-24(14-15-28(46-6)35(25)48-8)30-19-27(41)34-31(52-30)20-29(47-7)26(36(34)49-9)16-18-38(4,5)51-22-33(43)40-45/h12,14-15,20,30,44-45H,10-11,13,16-19,21-22H2,1-9H3,(H,39,42)(H,40,43)/b23-12-/t30-/m0/s1. The van der Waals surface area contributed by atoms with Gasteiger partial charge in [0.25, 0.3) is 11.8 Å². The fraction of sp³-hybridized carbons (Fsp3) is 0.553. The van der Waals surface area contributed by atoms with E-state index in [4.69, 9.17) is 43.6 Å². The van der Waals surface area contributed by atoms with E-state index in [0.29, 0.717) is 65.6 Å². The third-order valence-corrected chi connectivity index (χ3v) is 9.10. The molecule has 1 heterocycles. The van der Waals surface area contributed by atoms with Gasteiger partial charge in [-0.25, -0.2) is 11.0 Å². The van der Waals surface area contributed by atoms with Gasteiger partial charge in [0.1, 0.15) is 42.1 Å². The molecule has 0 unspecified atom stereocenters. The molecule has 2 aromatic carbocycles. The van der Waals surface area contributed by atoms with E-state index >= 15 is 0 Å². The van der Waals surface area contributed by atoms with Gasteiger partial charge in [0.15, 0.2) is 17.3 Å². The van der Waals surface area contributed by atoms with Crippen molar-refractivity contribution in [1.29, 1.82) is 0 Å². The monoisotopic (exact) mass is 730 g/mol. The van der Waals surface area contributed by atoms with Gasteiger partial charge in [-0.2, -0.15) is 0 Å². The van der Waals surface area contributed by atoms with Crippen molar-refractivity contribution in [2.45, 2.75) is 96.9 Å². The van der Waals surface area contributed by atoms with Gasteiger partial charge in [-0.05, 0) is 79.2 Å². The summed E-state index contributed by atoms with van der Waals surface area (Å²) >= 11 is 0. The van der Waals surface area contributed by atoms with Gasteiger partial charge in [-0.15, -0.1) is 0 Å². The molecule has 0 saturated carbocycles. The molecule has 0 bridgehead atoms. The Balaban J connectivity index is 1.89. The number of hydrogen-bond donors (Lipinski definition) is 4. The second-order valence-electron chi connectivity index (χ2n) is 13.8. The van der Waals surface area contributed by atoms with E-state index in [1.807, 2.05) is 40.7 Å². The molecule has 14 heteroatoms. The average molecular weight is 731 g/mol. The predicted octanol–water partition coefficient (Wildman–Crippen LogP) is 5.62. The Morgan fingerprint density at radius 2 is 1.46 bits per heavy atom. The van der Waals surface area contributed by atoms with E-state index in [2.05, 4.69) is 6.08 Å². The second kappa shape index (κ2) is 18.9. The summed E-state index contributed by atoms with van der Waals surface area (Å²) in [6.45, 7) is 8.96. The highest BCUT2D eigenvalue weighted by Crippen LogP contribution is 2.48. The lowest BCUT2D eigenvalue weighted by Gasteiger charge is -2.31. The third-order valence-electron chi connectivity index (χ3n) is 9.10. The van der Waals surface area contributed by atoms with Crippen molar-refractivity contribution in [2.75, 3.05) is 41.7 Å². The van der Waals surface area contributed by atoms with Crippen LogP contribution in [0.1, 0.15) is 99.9 Å². The lowest BCUT2D eigenvalue weighted by atomic mass is 9.88. The summed E-state index contributed by atoms with van der Waals surface area (Å²) in [5.41, 5.74) is 5.59. The predicted molar refractivity (Wildman–Crippen MR) is 191 cm³/mol. The molecule has 4 N–H and O–H groups in total. The van der Waals surface area contributed by atoms with Crippen LogP contribution in [0.5, 0.6) is 28.7 Å². The molecule has 0 aliphatic carbocycles. The molecule has 0 saturated heterocycles. The molecule has 3 rings (SSSR count). The van der Waals surface area contributed by atoms with Crippen LogP contribution < -0.4 is 34.6 Å². The van der Waals surface area contributed by atoms with Crippen LogP contribution in [-0.4, -0.2) is 80.9 Å². The van der Waals surface area contributed by atoms with Crippen LogP contribution in [0.2, 0.25) is 0 Å². The first kappa shape index (κ1) is 42.0. The molecule has 0 radical (unpaired) electrons. The van der Waals surface area contributed by atoms with Gasteiger partial charge < -0.3 is 33.2 Å². The zero-order valence-corrected chi connectivity index (χ0v) is 31.7. The maximum absolute atomic E-state index is 14.0. The smallest absolute Gasteiger partial charge is 0.269 e. The Morgan fingerprint density at radius 1 is 0.865 bits per heavy atom. The van der Waals surface area contributed by atoms with Crippen LogP contribution >= 0.6 is 0 Å². The number of ether oxygens (including phenoxy) is 7.